The van der Waals surface area contributed by atoms with E-state index in [0.29, 0.717) is 23.2 Å². The molecule has 1 saturated heterocycles. The molecule has 0 bridgehead atoms. The van der Waals surface area contributed by atoms with Gasteiger partial charge in [0.05, 0.1) is 6.10 Å². The second-order valence-electron chi connectivity index (χ2n) is 6.54. The average Bonchev–Trinajstić information content (AvgIpc) is 3.12. The quantitative estimate of drug-likeness (QED) is 0.722. The van der Waals surface area contributed by atoms with Crippen LogP contribution in [-0.2, 0) is 11.3 Å². The third-order valence-electron chi connectivity index (χ3n) is 4.51. The fourth-order valence-electron chi connectivity index (χ4n) is 2.98. The highest BCUT2D eigenvalue weighted by atomic mass is 35.5. The number of nitrogens with one attached hydrogen (secondary N) is 1. The van der Waals surface area contributed by atoms with Crippen molar-refractivity contribution < 1.29 is 9.84 Å². The van der Waals surface area contributed by atoms with Gasteiger partial charge in [-0.25, -0.2) is 0 Å². The van der Waals surface area contributed by atoms with Crippen LogP contribution in [0.25, 0.3) is 0 Å². The number of aryl methyl sites for hydroxylation is 1. The van der Waals surface area contributed by atoms with Gasteiger partial charge in [0.1, 0.15) is 5.75 Å². The summed E-state index contributed by atoms with van der Waals surface area (Å²) in [7, 11) is 0. The lowest BCUT2D eigenvalue weighted by atomic mass is 10.1. The van der Waals surface area contributed by atoms with Gasteiger partial charge in [-0.15, -0.1) is 0 Å². The summed E-state index contributed by atoms with van der Waals surface area (Å²) in [6, 6.07) is 13.1. The molecule has 1 heterocycles. The molecular weight excluding hydrogens is 368 g/mol. The van der Waals surface area contributed by atoms with Crippen molar-refractivity contribution >= 4 is 34.6 Å². The minimum absolute atomic E-state index is 0.155. The first-order valence-electron chi connectivity index (χ1n) is 8.73. The third kappa shape index (κ3) is 4.87. The largest absolute Gasteiger partial charge is 0.508 e. The molecule has 4 nitrogen and oxygen atoms in total. The highest BCUT2D eigenvalue weighted by molar-refractivity contribution is 7.80. The lowest BCUT2D eigenvalue weighted by Gasteiger charge is -2.28. The number of para-hydroxylation sites is 1. The van der Waals surface area contributed by atoms with Crippen LogP contribution in [0.15, 0.2) is 42.5 Å². The van der Waals surface area contributed by atoms with Crippen molar-refractivity contribution in [3.05, 3.63) is 58.6 Å². The number of rotatable bonds is 5. The zero-order chi connectivity index (χ0) is 18.5. The predicted octanol–water partition coefficient (Wildman–Crippen LogP) is 4.73. The van der Waals surface area contributed by atoms with Crippen molar-refractivity contribution in [2.24, 2.45) is 0 Å². The molecule has 1 aliphatic heterocycles. The van der Waals surface area contributed by atoms with E-state index in [2.05, 4.69) is 5.32 Å². The van der Waals surface area contributed by atoms with Gasteiger partial charge < -0.3 is 20.1 Å². The Hall–Kier alpha value is -1.82. The van der Waals surface area contributed by atoms with Gasteiger partial charge in [-0.05, 0) is 55.7 Å². The smallest absolute Gasteiger partial charge is 0.173 e. The van der Waals surface area contributed by atoms with Crippen molar-refractivity contribution in [1.82, 2.24) is 4.90 Å². The fourth-order valence-corrected chi connectivity index (χ4v) is 3.41. The molecule has 0 amide bonds. The molecule has 1 atom stereocenters. The standard InChI is InChI=1S/C20H23ClN2O2S/c1-14-8-9-16(11-18(14)21)22-20(26)23(13-17-6-4-10-25-17)12-15-5-2-3-7-19(15)24/h2-3,5,7-9,11,17,24H,4,6,10,12-13H2,1H3,(H,22,26). The molecule has 0 radical (unpaired) electrons. The van der Waals surface area contributed by atoms with E-state index in [9.17, 15) is 5.11 Å². The first kappa shape index (κ1) is 19.0. The second kappa shape index (κ2) is 8.71. The molecule has 2 aromatic rings. The Kier molecular flexibility index (Phi) is 6.35. The lowest BCUT2D eigenvalue weighted by molar-refractivity contribution is 0.0904. The average molecular weight is 391 g/mol. The number of benzene rings is 2. The molecule has 3 rings (SSSR count). The summed E-state index contributed by atoms with van der Waals surface area (Å²) in [5.74, 6) is 0.269. The van der Waals surface area contributed by atoms with E-state index in [4.69, 9.17) is 28.6 Å². The topological polar surface area (TPSA) is 44.7 Å². The first-order chi connectivity index (χ1) is 12.5. The third-order valence-corrected chi connectivity index (χ3v) is 5.28. The fraction of sp³-hybridized carbons (Fsp3) is 0.350. The summed E-state index contributed by atoms with van der Waals surface area (Å²) in [6.45, 7) is 3.95. The highest BCUT2D eigenvalue weighted by Gasteiger charge is 2.22. The maximum absolute atomic E-state index is 10.1. The second-order valence-corrected chi connectivity index (χ2v) is 7.33. The number of hydrogen-bond donors (Lipinski definition) is 2. The van der Waals surface area contributed by atoms with Crippen molar-refractivity contribution in [3.63, 3.8) is 0 Å². The SMILES string of the molecule is Cc1ccc(NC(=S)N(Cc2ccccc2O)CC2CCCO2)cc1Cl. The molecule has 0 aliphatic carbocycles. The monoisotopic (exact) mass is 390 g/mol. The minimum Gasteiger partial charge on any atom is -0.508 e. The summed E-state index contributed by atoms with van der Waals surface area (Å²) in [5, 5.41) is 14.7. The molecular formula is C20H23ClN2O2S. The summed E-state index contributed by atoms with van der Waals surface area (Å²) in [5.41, 5.74) is 2.70. The molecule has 0 saturated carbocycles. The van der Waals surface area contributed by atoms with Crippen LogP contribution in [0.5, 0.6) is 5.75 Å². The Morgan fingerprint density at radius 1 is 1.35 bits per heavy atom. The number of hydrogen-bond acceptors (Lipinski definition) is 3. The zero-order valence-electron chi connectivity index (χ0n) is 14.7. The number of anilines is 1. The summed E-state index contributed by atoms with van der Waals surface area (Å²) < 4.78 is 5.77. The molecule has 26 heavy (non-hydrogen) atoms. The van der Waals surface area contributed by atoms with E-state index in [1.165, 1.54) is 0 Å². The van der Waals surface area contributed by atoms with E-state index in [1.54, 1.807) is 6.07 Å². The summed E-state index contributed by atoms with van der Waals surface area (Å²) in [6.07, 6.45) is 2.25. The molecule has 2 N–H and O–H groups in total. The van der Waals surface area contributed by atoms with Crippen LogP contribution in [0, 0.1) is 6.92 Å². The predicted molar refractivity (Wildman–Crippen MR) is 110 cm³/mol. The van der Waals surface area contributed by atoms with Crippen molar-refractivity contribution in [2.75, 3.05) is 18.5 Å². The number of nitrogens with zero attached hydrogens (tertiary/aromatic N) is 1. The van der Waals surface area contributed by atoms with Gasteiger partial charge >= 0.3 is 0 Å². The Morgan fingerprint density at radius 2 is 2.15 bits per heavy atom. The van der Waals surface area contributed by atoms with E-state index in [0.717, 1.165) is 36.3 Å². The molecule has 1 aliphatic rings. The Labute approximate surface area is 164 Å². The molecule has 0 aromatic heterocycles. The van der Waals surface area contributed by atoms with Gasteiger partial charge in [-0.1, -0.05) is 35.9 Å². The molecule has 1 unspecified atom stereocenters. The Balaban J connectivity index is 1.75. The number of halogens is 1. The van der Waals surface area contributed by atoms with E-state index >= 15 is 0 Å². The Bertz CT molecular complexity index is 778. The van der Waals surface area contributed by atoms with Crippen molar-refractivity contribution in [2.45, 2.75) is 32.4 Å². The number of ether oxygens (including phenoxy) is 1. The zero-order valence-corrected chi connectivity index (χ0v) is 16.3. The van der Waals surface area contributed by atoms with E-state index in [-0.39, 0.29) is 11.9 Å². The van der Waals surface area contributed by atoms with Crippen molar-refractivity contribution in [3.8, 4) is 5.75 Å². The molecule has 1 fully saturated rings. The minimum atomic E-state index is 0.155. The molecule has 6 heteroatoms. The van der Waals surface area contributed by atoms with Gasteiger partial charge in [0.15, 0.2) is 5.11 Å². The van der Waals surface area contributed by atoms with Crippen molar-refractivity contribution in [1.29, 1.82) is 0 Å². The Morgan fingerprint density at radius 3 is 2.85 bits per heavy atom. The van der Waals surface area contributed by atoms with Gasteiger partial charge in [0.25, 0.3) is 0 Å². The normalized spacial score (nSPS) is 16.5. The van der Waals surface area contributed by atoms with Crippen LogP contribution in [0.1, 0.15) is 24.0 Å². The lowest BCUT2D eigenvalue weighted by Crippen LogP contribution is -2.39. The van der Waals surface area contributed by atoms with Crippen LogP contribution in [0.3, 0.4) is 0 Å². The van der Waals surface area contributed by atoms with Gasteiger partial charge in [0, 0.05) is 36.0 Å². The summed E-state index contributed by atoms with van der Waals surface area (Å²) in [4.78, 5) is 2.04. The molecule has 0 spiro atoms. The van der Waals surface area contributed by atoms with Crippen LogP contribution >= 0.6 is 23.8 Å². The highest BCUT2D eigenvalue weighted by Crippen LogP contribution is 2.23. The number of phenols is 1. The van der Waals surface area contributed by atoms with E-state index < -0.39 is 0 Å². The van der Waals surface area contributed by atoms with Gasteiger partial charge in [0.2, 0.25) is 0 Å². The summed E-state index contributed by atoms with van der Waals surface area (Å²) >= 11 is 11.9. The van der Waals surface area contributed by atoms with Gasteiger partial charge in [-0.3, -0.25) is 0 Å². The van der Waals surface area contributed by atoms with Crippen LogP contribution in [0.2, 0.25) is 5.02 Å². The first-order valence-corrected chi connectivity index (χ1v) is 9.52. The number of phenolic OH excluding ortho intramolecular Hbond substituents is 1. The van der Waals surface area contributed by atoms with Gasteiger partial charge in [-0.2, -0.15) is 0 Å². The van der Waals surface area contributed by atoms with Crippen LogP contribution in [0.4, 0.5) is 5.69 Å². The molecule has 138 valence electrons. The maximum Gasteiger partial charge on any atom is 0.173 e. The maximum atomic E-state index is 10.1. The van der Waals surface area contributed by atoms with E-state index in [1.807, 2.05) is 48.2 Å². The van der Waals surface area contributed by atoms with Crippen LogP contribution in [-0.4, -0.2) is 34.4 Å². The number of aromatic hydroxyl groups is 1. The van der Waals surface area contributed by atoms with Crippen LogP contribution < -0.4 is 5.32 Å². The molecule has 2 aromatic carbocycles. The number of thiocarbonyl (C=S) groups is 1.